The number of urea groups is 1. The molecule has 0 aliphatic carbocycles. The molecule has 0 aromatic carbocycles. The second kappa shape index (κ2) is 6.38. The Morgan fingerprint density at radius 2 is 2.21 bits per heavy atom. The molecule has 1 aromatic rings. The number of rotatable bonds is 6. The Labute approximate surface area is 108 Å². The summed E-state index contributed by atoms with van der Waals surface area (Å²) >= 11 is 0. The number of carboxylic acid groups (broad SMARTS) is 1. The Hall–Kier alpha value is -2.58. The predicted octanol–water partition coefficient (Wildman–Crippen LogP) is -0.647. The summed E-state index contributed by atoms with van der Waals surface area (Å²) in [6.45, 7) is 2.52. The number of carbonyl (C=O) groups excluding carboxylic acids is 2. The molecule has 0 radical (unpaired) electrons. The molecule has 9 nitrogen and oxygen atoms in total. The van der Waals surface area contributed by atoms with Gasteiger partial charge in [0.05, 0.1) is 18.3 Å². The maximum atomic E-state index is 11.5. The van der Waals surface area contributed by atoms with Crippen molar-refractivity contribution in [2.24, 2.45) is 5.73 Å². The van der Waals surface area contributed by atoms with E-state index >= 15 is 0 Å². The van der Waals surface area contributed by atoms with Gasteiger partial charge in [0.2, 0.25) is 5.91 Å². The highest BCUT2D eigenvalue weighted by molar-refractivity contribution is 5.93. The molecule has 0 bridgehead atoms. The van der Waals surface area contributed by atoms with Gasteiger partial charge in [-0.2, -0.15) is 5.10 Å². The first-order valence-electron chi connectivity index (χ1n) is 5.53. The van der Waals surface area contributed by atoms with E-state index in [0.29, 0.717) is 12.2 Å². The lowest BCUT2D eigenvalue weighted by Crippen LogP contribution is -2.45. The Kier molecular flexibility index (Phi) is 4.86. The van der Waals surface area contributed by atoms with Gasteiger partial charge in [0, 0.05) is 12.7 Å². The number of aryl methyl sites for hydroxylation is 1. The predicted molar refractivity (Wildman–Crippen MR) is 65.3 cm³/mol. The molecule has 0 aliphatic rings. The Balaban J connectivity index is 2.57. The summed E-state index contributed by atoms with van der Waals surface area (Å²) in [5.41, 5.74) is 5.31. The summed E-state index contributed by atoms with van der Waals surface area (Å²) < 4.78 is 1.59. The number of carbonyl (C=O) groups is 3. The van der Waals surface area contributed by atoms with Crippen molar-refractivity contribution in [3.8, 4) is 0 Å². The first-order valence-corrected chi connectivity index (χ1v) is 5.53. The molecular weight excluding hydrogens is 254 g/mol. The smallest absolute Gasteiger partial charge is 0.326 e. The van der Waals surface area contributed by atoms with E-state index in [2.05, 4.69) is 15.7 Å². The van der Waals surface area contributed by atoms with Gasteiger partial charge in [-0.25, -0.2) is 9.59 Å². The van der Waals surface area contributed by atoms with Gasteiger partial charge in [-0.3, -0.25) is 9.48 Å². The number of nitrogens with two attached hydrogens (primary N) is 1. The van der Waals surface area contributed by atoms with Crippen molar-refractivity contribution >= 4 is 23.6 Å². The molecule has 1 heterocycles. The SMILES string of the molecule is CCn1cc(NC(=O)N[C@H](CC(N)=O)C(=O)O)cn1. The fourth-order valence-electron chi connectivity index (χ4n) is 1.33. The summed E-state index contributed by atoms with van der Waals surface area (Å²) in [6, 6.07) is -2.11. The van der Waals surface area contributed by atoms with E-state index in [0.717, 1.165) is 0 Å². The van der Waals surface area contributed by atoms with Crippen LogP contribution in [0.2, 0.25) is 0 Å². The van der Waals surface area contributed by atoms with Gasteiger partial charge in [-0.15, -0.1) is 0 Å². The van der Waals surface area contributed by atoms with Crippen molar-refractivity contribution in [3.63, 3.8) is 0 Å². The van der Waals surface area contributed by atoms with E-state index in [1.165, 1.54) is 6.20 Å². The minimum atomic E-state index is -1.36. The van der Waals surface area contributed by atoms with E-state index in [4.69, 9.17) is 10.8 Å². The van der Waals surface area contributed by atoms with Crippen LogP contribution in [0.3, 0.4) is 0 Å². The molecule has 1 aromatic heterocycles. The van der Waals surface area contributed by atoms with Crippen molar-refractivity contribution in [1.29, 1.82) is 0 Å². The lowest BCUT2D eigenvalue weighted by atomic mass is 10.2. The molecule has 0 aliphatic heterocycles. The van der Waals surface area contributed by atoms with E-state index in [1.54, 1.807) is 10.9 Å². The van der Waals surface area contributed by atoms with Gasteiger partial charge in [0.25, 0.3) is 0 Å². The fourth-order valence-corrected chi connectivity index (χ4v) is 1.33. The van der Waals surface area contributed by atoms with Crippen molar-refractivity contribution in [1.82, 2.24) is 15.1 Å². The molecule has 0 fully saturated rings. The standard InChI is InChI=1S/C10H15N5O4/c1-2-15-5-6(4-12-15)13-10(19)14-7(9(17)18)3-8(11)16/h4-5,7H,2-3H2,1H3,(H2,11,16)(H,17,18)(H2,13,14,19)/t7-/m1/s1. The molecule has 1 atom stereocenters. The van der Waals surface area contributed by atoms with Crippen LogP contribution in [-0.2, 0) is 16.1 Å². The Bertz CT molecular complexity index is 484. The lowest BCUT2D eigenvalue weighted by Gasteiger charge is -2.12. The van der Waals surface area contributed by atoms with E-state index in [9.17, 15) is 14.4 Å². The van der Waals surface area contributed by atoms with Crippen molar-refractivity contribution in [2.45, 2.75) is 25.9 Å². The van der Waals surface area contributed by atoms with Gasteiger partial charge in [-0.05, 0) is 6.92 Å². The number of aromatic nitrogens is 2. The van der Waals surface area contributed by atoms with Gasteiger partial charge >= 0.3 is 12.0 Å². The van der Waals surface area contributed by atoms with Crippen molar-refractivity contribution < 1.29 is 19.5 Å². The highest BCUT2D eigenvalue weighted by Gasteiger charge is 2.22. The molecular formula is C10H15N5O4. The topological polar surface area (TPSA) is 139 Å². The van der Waals surface area contributed by atoms with Crippen LogP contribution in [0.4, 0.5) is 10.5 Å². The molecule has 0 saturated carbocycles. The second-order valence-corrected chi connectivity index (χ2v) is 3.74. The highest BCUT2D eigenvalue weighted by atomic mass is 16.4. The van der Waals surface area contributed by atoms with Crippen LogP contribution in [0.15, 0.2) is 12.4 Å². The highest BCUT2D eigenvalue weighted by Crippen LogP contribution is 2.04. The zero-order chi connectivity index (χ0) is 14.4. The quantitative estimate of drug-likeness (QED) is 0.543. The van der Waals surface area contributed by atoms with Crippen LogP contribution in [0.25, 0.3) is 0 Å². The molecule has 0 unspecified atom stereocenters. The maximum absolute atomic E-state index is 11.5. The minimum absolute atomic E-state index is 0.419. The van der Waals surface area contributed by atoms with Crippen molar-refractivity contribution in [2.75, 3.05) is 5.32 Å². The first kappa shape index (κ1) is 14.5. The summed E-state index contributed by atoms with van der Waals surface area (Å²) in [5, 5.41) is 17.3. The summed E-state index contributed by atoms with van der Waals surface area (Å²) in [4.78, 5) is 33.0. The van der Waals surface area contributed by atoms with Crippen LogP contribution in [0.5, 0.6) is 0 Å². The van der Waals surface area contributed by atoms with Crippen LogP contribution in [-0.4, -0.2) is 38.8 Å². The van der Waals surface area contributed by atoms with Gasteiger partial charge < -0.3 is 21.5 Å². The third kappa shape index (κ3) is 4.66. The number of nitrogens with zero attached hydrogens (tertiary/aromatic N) is 2. The largest absolute Gasteiger partial charge is 0.480 e. The fraction of sp³-hybridized carbons (Fsp3) is 0.400. The lowest BCUT2D eigenvalue weighted by molar-refractivity contribution is -0.140. The molecule has 3 amide bonds. The summed E-state index contributed by atoms with van der Waals surface area (Å²) in [6.07, 6.45) is 2.54. The average Bonchev–Trinajstić information content (AvgIpc) is 2.75. The number of primary amides is 1. The number of hydrogen-bond acceptors (Lipinski definition) is 4. The summed E-state index contributed by atoms with van der Waals surface area (Å²) in [5.74, 6) is -2.15. The maximum Gasteiger partial charge on any atom is 0.326 e. The zero-order valence-electron chi connectivity index (χ0n) is 10.3. The second-order valence-electron chi connectivity index (χ2n) is 3.74. The number of amides is 3. The number of anilines is 1. The molecule has 104 valence electrons. The zero-order valence-corrected chi connectivity index (χ0v) is 10.3. The Morgan fingerprint density at radius 3 is 2.68 bits per heavy atom. The Morgan fingerprint density at radius 1 is 1.53 bits per heavy atom. The number of nitrogens with one attached hydrogen (secondary N) is 2. The third-order valence-electron chi connectivity index (χ3n) is 2.22. The first-order chi connectivity index (χ1) is 8.92. The van der Waals surface area contributed by atoms with E-state index in [-0.39, 0.29) is 0 Å². The molecule has 19 heavy (non-hydrogen) atoms. The van der Waals surface area contributed by atoms with E-state index in [1.807, 2.05) is 6.92 Å². The number of aliphatic carboxylic acids is 1. The molecule has 0 saturated heterocycles. The molecule has 9 heteroatoms. The van der Waals surface area contributed by atoms with Gasteiger partial charge in [0.1, 0.15) is 6.04 Å². The van der Waals surface area contributed by atoms with Crippen LogP contribution in [0, 0.1) is 0 Å². The minimum Gasteiger partial charge on any atom is -0.480 e. The third-order valence-corrected chi connectivity index (χ3v) is 2.22. The van der Waals surface area contributed by atoms with Crippen LogP contribution in [0.1, 0.15) is 13.3 Å². The van der Waals surface area contributed by atoms with E-state index < -0.39 is 30.4 Å². The molecule has 0 spiro atoms. The van der Waals surface area contributed by atoms with Crippen LogP contribution < -0.4 is 16.4 Å². The van der Waals surface area contributed by atoms with Crippen LogP contribution >= 0.6 is 0 Å². The van der Waals surface area contributed by atoms with Gasteiger partial charge in [-0.1, -0.05) is 0 Å². The molecule has 5 N–H and O–H groups in total. The van der Waals surface area contributed by atoms with Crippen molar-refractivity contribution in [3.05, 3.63) is 12.4 Å². The van der Waals surface area contributed by atoms with Gasteiger partial charge in [0.15, 0.2) is 0 Å². The summed E-state index contributed by atoms with van der Waals surface area (Å²) in [7, 11) is 0. The number of hydrogen-bond donors (Lipinski definition) is 4. The normalized spacial score (nSPS) is 11.6. The monoisotopic (exact) mass is 269 g/mol. The number of carboxylic acids is 1. The molecule has 1 rings (SSSR count). The average molecular weight is 269 g/mol.